The molecule has 0 saturated carbocycles. The first-order chi connectivity index (χ1) is 9.49. The Hall–Kier alpha value is -1.60. The Morgan fingerprint density at radius 1 is 1.20 bits per heavy atom. The zero-order valence-electron chi connectivity index (χ0n) is 11.2. The molecule has 0 bridgehead atoms. The SMILES string of the molecule is Nc1ccc(S(=O)(=O)NCCC(=O)N2CCCC2)cc1. The average Bonchev–Trinajstić information content (AvgIpc) is 2.93. The number of hydrogen-bond donors (Lipinski definition) is 2. The summed E-state index contributed by atoms with van der Waals surface area (Å²) in [6.45, 7) is 1.68. The van der Waals surface area contributed by atoms with Gasteiger partial charge in [0.15, 0.2) is 0 Å². The van der Waals surface area contributed by atoms with E-state index < -0.39 is 10.0 Å². The summed E-state index contributed by atoms with van der Waals surface area (Å²) in [6, 6.07) is 5.95. The third-order valence-electron chi connectivity index (χ3n) is 3.28. The molecule has 1 aliphatic heterocycles. The minimum atomic E-state index is -3.57. The monoisotopic (exact) mass is 297 g/mol. The number of anilines is 1. The van der Waals surface area contributed by atoms with E-state index >= 15 is 0 Å². The Balaban J connectivity index is 1.86. The molecule has 0 atom stereocenters. The van der Waals surface area contributed by atoms with Gasteiger partial charge in [-0.1, -0.05) is 0 Å². The highest BCUT2D eigenvalue weighted by molar-refractivity contribution is 7.89. The quantitative estimate of drug-likeness (QED) is 0.777. The molecule has 0 radical (unpaired) electrons. The summed E-state index contributed by atoms with van der Waals surface area (Å²) in [5.41, 5.74) is 6.02. The summed E-state index contributed by atoms with van der Waals surface area (Å²) in [5.74, 6) is 0.00232. The van der Waals surface area contributed by atoms with E-state index in [2.05, 4.69) is 4.72 Å². The molecule has 7 heteroatoms. The van der Waals surface area contributed by atoms with Gasteiger partial charge in [0, 0.05) is 31.7 Å². The minimum Gasteiger partial charge on any atom is -0.399 e. The predicted octanol–water partition coefficient (Wildman–Crippen LogP) is 0.560. The van der Waals surface area contributed by atoms with E-state index in [-0.39, 0.29) is 23.8 Å². The first kappa shape index (κ1) is 14.8. The molecule has 20 heavy (non-hydrogen) atoms. The summed E-state index contributed by atoms with van der Waals surface area (Å²) in [4.78, 5) is 13.7. The van der Waals surface area contributed by atoms with Gasteiger partial charge in [-0.2, -0.15) is 0 Å². The van der Waals surface area contributed by atoms with Gasteiger partial charge in [-0.05, 0) is 37.1 Å². The van der Waals surface area contributed by atoms with Crippen molar-refractivity contribution in [1.82, 2.24) is 9.62 Å². The number of nitrogens with zero attached hydrogens (tertiary/aromatic N) is 1. The van der Waals surface area contributed by atoms with Gasteiger partial charge in [-0.3, -0.25) is 4.79 Å². The number of carbonyl (C=O) groups excluding carboxylic acids is 1. The number of nitrogens with two attached hydrogens (primary N) is 1. The summed E-state index contributed by atoms with van der Waals surface area (Å²) in [5, 5.41) is 0. The first-order valence-electron chi connectivity index (χ1n) is 6.62. The molecule has 110 valence electrons. The molecule has 3 N–H and O–H groups in total. The van der Waals surface area contributed by atoms with Gasteiger partial charge in [0.25, 0.3) is 0 Å². The van der Waals surface area contributed by atoms with Crippen molar-refractivity contribution in [2.45, 2.75) is 24.2 Å². The standard InChI is InChI=1S/C13H19N3O3S/c14-11-3-5-12(6-4-11)20(18,19)15-8-7-13(17)16-9-1-2-10-16/h3-6,15H,1-2,7-10,14H2. The lowest BCUT2D eigenvalue weighted by molar-refractivity contribution is -0.129. The van der Waals surface area contributed by atoms with Gasteiger partial charge in [0.05, 0.1) is 4.90 Å². The number of nitrogen functional groups attached to an aromatic ring is 1. The van der Waals surface area contributed by atoms with E-state index in [1.807, 2.05) is 0 Å². The van der Waals surface area contributed by atoms with Crippen molar-refractivity contribution in [2.75, 3.05) is 25.4 Å². The van der Waals surface area contributed by atoms with Crippen molar-refractivity contribution in [3.05, 3.63) is 24.3 Å². The fourth-order valence-electron chi connectivity index (χ4n) is 2.15. The van der Waals surface area contributed by atoms with Crippen LogP contribution in [0.5, 0.6) is 0 Å². The van der Waals surface area contributed by atoms with Crippen molar-refractivity contribution < 1.29 is 13.2 Å². The van der Waals surface area contributed by atoms with E-state index in [1.165, 1.54) is 24.3 Å². The summed E-state index contributed by atoms with van der Waals surface area (Å²) in [6.07, 6.45) is 2.25. The van der Waals surface area contributed by atoms with Crippen LogP contribution in [0.15, 0.2) is 29.2 Å². The van der Waals surface area contributed by atoms with Gasteiger partial charge in [-0.15, -0.1) is 0 Å². The highest BCUT2D eigenvalue weighted by Crippen LogP contribution is 2.12. The molecule has 2 rings (SSSR count). The maximum absolute atomic E-state index is 12.0. The largest absolute Gasteiger partial charge is 0.399 e. The van der Waals surface area contributed by atoms with E-state index in [0.29, 0.717) is 5.69 Å². The minimum absolute atomic E-state index is 0.00232. The van der Waals surface area contributed by atoms with E-state index in [9.17, 15) is 13.2 Å². The third kappa shape index (κ3) is 3.71. The van der Waals surface area contributed by atoms with Gasteiger partial charge in [0.2, 0.25) is 15.9 Å². The highest BCUT2D eigenvalue weighted by Gasteiger charge is 2.19. The molecule has 0 spiro atoms. The van der Waals surface area contributed by atoms with Crippen molar-refractivity contribution in [3.63, 3.8) is 0 Å². The second kappa shape index (κ2) is 6.23. The van der Waals surface area contributed by atoms with Crippen LogP contribution in [-0.2, 0) is 14.8 Å². The van der Waals surface area contributed by atoms with Gasteiger partial charge in [0.1, 0.15) is 0 Å². The molecule has 1 aromatic carbocycles. The third-order valence-corrected chi connectivity index (χ3v) is 4.76. The summed E-state index contributed by atoms with van der Waals surface area (Å²) < 4.78 is 26.4. The number of carbonyl (C=O) groups is 1. The van der Waals surface area contributed by atoms with Crippen LogP contribution in [0, 0.1) is 0 Å². The van der Waals surface area contributed by atoms with Crippen molar-refractivity contribution >= 4 is 21.6 Å². The van der Waals surface area contributed by atoms with Crippen LogP contribution in [0.3, 0.4) is 0 Å². The normalized spacial score (nSPS) is 15.5. The molecule has 0 aromatic heterocycles. The Morgan fingerprint density at radius 3 is 2.40 bits per heavy atom. The molecule has 1 saturated heterocycles. The van der Waals surface area contributed by atoms with Crippen LogP contribution in [0.4, 0.5) is 5.69 Å². The number of amides is 1. The van der Waals surface area contributed by atoms with Gasteiger partial charge < -0.3 is 10.6 Å². The molecule has 0 unspecified atom stereocenters. The molecule has 0 aliphatic carbocycles. The number of sulfonamides is 1. The zero-order chi connectivity index (χ0) is 14.6. The second-order valence-electron chi connectivity index (χ2n) is 4.80. The van der Waals surface area contributed by atoms with E-state index in [4.69, 9.17) is 5.73 Å². The van der Waals surface area contributed by atoms with Crippen LogP contribution in [0.1, 0.15) is 19.3 Å². The molecule has 1 heterocycles. The Kier molecular flexibility index (Phi) is 4.61. The van der Waals surface area contributed by atoms with Gasteiger partial charge >= 0.3 is 0 Å². The number of likely N-dealkylation sites (tertiary alicyclic amines) is 1. The first-order valence-corrected chi connectivity index (χ1v) is 8.10. The predicted molar refractivity (Wildman–Crippen MR) is 76.5 cm³/mol. The van der Waals surface area contributed by atoms with Crippen LogP contribution in [0.25, 0.3) is 0 Å². The van der Waals surface area contributed by atoms with Crippen molar-refractivity contribution in [1.29, 1.82) is 0 Å². The lowest BCUT2D eigenvalue weighted by atomic mass is 10.3. The molecular weight excluding hydrogens is 278 g/mol. The number of rotatable bonds is 5. The molecule has 1 aliphatic rings. The maximum atomic E-state index is 12.0. The molecule has 1 fully saturated rings. The van der Waals surface area contributed by atoms with Crippen LogP contribution < -0.4 is 10.5 Å². The van der Waals surface area contributed by atoms with E-state index in [1.54, 1.807) is 4.90 Å². The molecular formula is C13H19N3O3S. The molecule has 6 nitrogen and oxygen atoms in total. The fourth-order valence-corrected chi connectivity index (χ4v) is 3.18. The topological polar surface area (TPSA) is 92.5 Å². The van der Waals surface area contributed by atoms with Crippen LogP contribution in [-0.4, -0.2) is 38.9 Å². The fraction of sp³-hybridized carbons (Fsp3) is 0.462. The Bertz CT molecular complexity index is 563. The average molecular weight is 297 g/mol. The lowest BCUT2D eigenvalue weighted by Crippen LogP contribution is -2.32. The Morgan fingerprint density at radius 2 is 1.80 bits per heavy atom. The van der Waals surface area contributed by atoms with Gasteiger partial charge in [-0.25, -0.2) is 13.1 Å². The van der Waals surface area contributed by atoms with Crippen molar-refractivity contribution in [2.24, 2.45) is 0 Å². The summed E-state index contributed by atoms with van der Waals surface area (Å²) in [7, 11) is -3.57. The Labute approximate surface area is 119 Å². The smallest absolute Gasteiger partial charge is 0.240 e. The second-order valence-corrected chi connectivity index (χ2v) is 6.57. The van der Waals surface area contributed by atoms with Crippen LogP contribution in [0.2, 0.25) is 0 Å². The zero-order valence-corrected chi connectivity index (χ0v) is 12.0. The van der Waals surface area contributed by atoms with E-state index in [0.717, 1.165) is 25.9 Å². The number of hydrogen-bond acceptors (Lipinski definition) is 4. The molecule has 1 aromatic rings. The van der Waals surface area contributed by atoms with Crippen LogP contribution >= 0.6 is 0 Å². The number of benzene rings is 1. The lowest BCUT2D eigenvalue weighted by Gasteiger charge is -2.15. The molecule has 1 amide bonds. The maximum Gasteiger partial charge on any atom is 0.240 e. The summed E-state index contributed by atoms with van der Waals surface area (Å²) >= 11 is 0. The highest BCUT2D eigenvalue weighted by atomic mass is 32.2. The van der Waals surface area contributed by atoms with Crippen molar-refractivity contribution in [3.8, 4) is 0 Å². The number of nitrogens with one attached hydrogen (secondary N) is 1.